The molecule has 0 saturated heterocycles. The molecule has 0 radical (unpaired) electrons. The molecule has 0 unspecified atom stereocenters. The number of fused-ring (bicyclic) bond motifs is 1. The van der Waals surface area contributed by atoms with Crippen LogP contribution in [0.5, 0.6) is 11.5 Å². The molecule has 7 heteroatoms. The van der Waals surface area contributed by atoms with Crippen LogP contribution in [0.3, 0.4) is 0 Å². The maximum Gasteiger partial charge on any atom is 0.248 e. The minimum absolute atomic E-state index is 0.285. The molecule has 1 aromatic heterocycles. The number of halogens is 2. The Morgan fingerprint density at radius 2 is 1.73 bits per heavy atom. The van der Waals surface area contributed by atoms with E-state index in [4.69, 9.17) is 37.1 Å². The number of hydrogen-bond acceptors (Lipinski definition) is 4. The van der Waals surface area contributed by atoms with E-state index in [2.05, 4.69) is 5.32 Å². The zero-order valence-electron chi connectivity index (χ0n) is 18.2. The van der Waals surface area contributed by atoms with Crippen molar-refractivity contribution in [2.24, 2.45) is 0 Å². The van der Waals surface area contributed by atoms with Crippen molar-refractivity contribution in [3.63, 3.8) is 0 Å². The molecule has 0 aliphatic heterocycles. The van der Waals surface area contributed by atoms with Gasteiger partial charge in [0.15, 0.2) is 0 Å². The summed E-state index contributed by atoms with van der Waals surface area (Å²) < 4.78 is 16.6. The highest BCUT2D eigenvalue weighted by Gasteiger charge is 2.17. The fourth-order valence-corrected chi connectivity index (χ4v) is 4.15. The van der Waals surface area contributed by atoms with Gasteiger partial charge in [0.05, 0.1) is 31.2 Å². The van der Waals surface area contributed by atoms with E-state index in [9.17, 15) is 4.79 Å². The van der Waals surface area contributed by atoms with Gasteiger partial charge in [0, 0.05) is 39.2 Å². The highest BCUT2D eigenvalue weighted by Crippen LogP contribution is 2.40. The largest absolute Gasteiger partial charge is 0.496 e. The van der Waals surface area contributed by atoms with Crippen molar-refractivity contribution in [1.29, 1.82) is 0 Å². The number of furan rings is 1. The maximum absolute atomic E-state index is 12.7. The van der Waals surface area contributed by atoms with E-state index in [1.54, 1.807) is 50.8 Å². The first-order valence-corrected chi connectivity index (χ1v) is 10.8. The molecule has 5 nitrogen and oxygen atoms in total. The summed E-state index contributed by atoms with van der Waals surface area (Å²) in [5.74, 6) is 0.885. The van der Waals surface area contributed by atoms with Crippen molar-refractivity contribution in [2.45, 2.75) is 6.92 Å². The lowest BCUT2D eigenvalue weighted by Crippen LogP contribution is -2.09. The Bertz CT molecular complexity index is 1370. The summed E-state index contributed by atoms with van der Waals surface area (Å²) in [6.45, 7) is 1.85. The SMILES string of the molecule is COc1ccccc1NC(=O)/C=C(\C)c1cc2c(-c3ccc(Cl)cc3Cl)coc2cc1OC. The van der Waals surface area contributed by atoms with Gasteiger partial charge in [-0.25, -0.2) is 0 Å². The van der Waals surface area contributed by atoms with Crippen LogP contribution in [0.15, 0.2) is 71.4 Å². The van der Waals surface area contributed by atoms with Crippen molar-refractivity contribution in [2.75, 3.05) is 19.5 Å². The van der Waals surface area contributed by atoms with E-state index in [0.717, 1.165) is 27.6 Å². The molecule has 4 aromatic rings. The summed E-state index contributed by atoms with van der Waals surface area (Å²) in [7, 11) is 3.13. The minimum atomic E-state index is -0.285. The van der Waals surface area contributed by atoms with Crippen molar-refractivity contribution < 1.29 is 18.7 Å². The molecule has 1 heterocycles. The topological polar surface area (TPSA) is 60.7 Å². The third-order valence-electron chi connectivity index (χ3n) is 5.25. The van der Waals surface area contributed by atoms with E-state index in [0.29, 0.717) is 32.8 Å². The first kappa shape index (κ1) is 22.8. The second-order valence-corrected chi connectivity index (χ2v) is 8.18. The molecular weight excluding hydrogens is 461 g/mol. The number of amides is 1. The van der Waals surface area contributed by atoms with Crippen LogP contribution in [0.1, 0.15) is 12.5 Å². The number of methoxy groups -OCH3 is 2. The van der Waals surface area contributed by atoms with E-state index in [1.807, 2.05) is 31.2 Å². The molecule has 1 N–H and O–H groups in total. The van der Waals surface area contributed by atoms with Gasteiger partial charge >= 0.3 is 0 Å². The van der Waals surface area contributed by atoms with Gasteiger partial charge < -0.3 is 19.2 Å². The second-order valence-electron chi connectivity index (χ2n) is 7.34. The summed E-state index contributed by atoms with van der Waals surface area (Å²) in [6, 6.07) is 16.3. The maximum atomic E-state index is 12.7. The van der Waals surface area contributed by atoms with Crippen LogP contribution in [0.2, 0.25) is 10.0 Å². The van der Waals surface area contributed by atoms with Gasteiger partial charge in [-0.15, -0.1) is 0 Å². The number of carbonyl (C=O) groups is 1. The van der Waals surface area contributed by atoms with Crippen molar-refractivity contribution in [3.8, 4) is 22.6 Å². The number of allylic oxidation sites excluding steroid dienone is 1. The van der Waals surface area contributed by atoms with E-state index < -0.39 is 0 Å². The Hall–Kier alpha value is -3.41. The summed E-state index contributed by atoms with van der Waals surface area (Å²) in [4.78, 5) is 12.7. The van der Waals surface area contributed by atoms with E-state index in [-0.39, 0.29) is 5.91 Å². The second kappa shape index (κ2) is 9.61. The van der Waals surface area contributed by atoms with Crippen molar-refractivity contribution in [1.82, 2.24) is 0 Å². The smallest absolute Gasteiger partial charge is 0.248 e. The van der Waals surface area contributed by atoms with Gasteiger partial charge in [-0.1, -0.05) is 41.4 Å². The molecule has 1 amide bonds. The van der Waals surface area contributed by atoms with Crippen LogP contribution in [-0.2, 0) is 4.79 Å². The van der Waals surface area contributed by atoms with Crippen LogP contribution in [0, 0.1) is 0 Å². The molecule has 3 aromatic carbocycles. The Morgan fingerprint density at radius 1 is 0.970 bits per heavy atom. The van der Waals surface area contributed by atoms with Gasteiger partial charge in [0.25, 0.3) is 0 Å². The number of carbonyl (C=O) groups excluding carboxylic acids is 1. The highest BCUT2D eigenvalue weighted by molar-refractivity contribution is 6.36. The van der Waals surface area contributed by atoms with Crippen LogP contribution >= 0.6 is 23.2 Å². The zero-order chi connectivity index (χ0) is 23.5. The van der Waals surface area contributed by atoms with Crippen LogP contribution in [0.4, 0.5) is 5.69 Å². The molecule has 0 saturated carbocycles. The summed E-state index contributed by atoms with van der Waals surface area (Å²) in [5, 5.41) is 4.77. The van der Waals surface area contributed by atoms with Gasteiger partial charge in [0.1, 0.15) is 17.1 Å². The normalized spacial score (nSPS) is 11.5. The quantitative estimate of drug-likeness (QED) is 0.290. The van der Waals surface area contributed by atoms with Gasteiger partial charge in [0.2, 0.25) is 5.91 Å². The number of rotatable bonds is 6. The van der Waals surface area contributed by atoms with E-state index in [1.165, 1.54) is 6.08 Å². The number of benzene rings is 3. The fraction of sp³-hybridized carbons (Fsp3) is 0.115. The molecule has 4 rings (SSSR count). The fourth-order valence-electron chi connectivity index (χ4n) is 3.64. The number of nitrogens with one attached hydrogen (secondary N) is 1. The Labute approximate surface area is 201 Å². The lowest BCUT2D eigenvalue weighted by atomic mass is 9.99. The lowest BCUT2D eigenvalue weighted by molar-refractivity contribution is -0.111. The molecule has 168 valence electrons. The highest BCUT2D eigenvalue weighted by atomic mass is 35.5. The van der Waals surface area contributed by atoms with Crippen molar-refractivity contribution >= 4 is 51.3 Å². The molecule has 0 spiro atoms. The Balaban J connectivity index is 1.73. The molecule has 0 aliphatic carbocycles. The number of hydrogen-bond donors (Lipinski definition) is 1. The third kappa shape index (κ3) is 4.70. The monoisotopic (exact) mass is 481 g/mol. The van der Waals surface area contributed by atoms with Gasteiger partial charge in [-0.3, -0.25) is 4.79 Å². The number of para-hydroxylation sites is 2. The van der Waals surface area contributed by atoms with Crippen LogP contribution < -0.4 is 14.8 Å². The van der Waals surface area contributed by atoms with Crippen LogP contribution in [-0.4, -0.2) is 20.1 Å². The average Bonchev–Trinajstić information content (AvgIpc) is 3.21. The lowest BCUT2D eigenvalue weighted by Gasteiger charge is -2.11. The predicted molar refractivity (Wildman–Crippen MR) is 133 cm³/mol. The Morgan fingerprint density at radius 3 is 2.45 bits per heavy atom. The van der Waals surface area contributed by atoms with Gasteiger partial charge in [-0.2, -0.15) is 0 Å². The first-order chi connectivity index (χ1) is 15.9. The number of anilines is 1. The molecule has 0 atom stereocenters. The zero-order valence-corrected chi connectivity index (χ0v) is 19.8. The van der Waals surface area contributed by atoms with Gasteiger partial charge in [-0.05, 0) is 42.8 Å². The molecular formula is C26H21Cl2NO4. The molecule has 0 bridgehead atoms. The first-order valence-electron chi connectivity index (χ1n) is 10.1. The minimum Gasteiger partial charge on any atom is -0.496 e. The molecule has 0 aliphatic rings. The summed E-state index contributed by atoms with van der Waals surface area (Å²) in [6.07, 6.45) is 3.17. The summed E-state index contributed by atoms with van der Waals surface area (Å²) >= 11 is 12.5. The van der Waals surface area contributed by atoms with Crippen molar-refractivity contribution in [3.05, 3.63) is 82.5 Å². The number of ether oxygens (including phenoxy) is 2. The van der Waals surface area contributed by atoms with Crippen LogP contribution in [0.25, 0.3) is 27.7 Å². The standard InChI is InChI=1S/C26H21Cl2NO4/c1-15(10-26(30)29-22-6-4-5-7-23(22)31-2)18-12-19-20(14-33-25(19)13-24(18)32-3)17-9-8-16(27)11-21(17)28/h4-14H,1-3H3,(H,29,30)/b15-10+. The average molecular weight is 482 g/mol. The third-order valence-corrected chi connectivity index (χ3v) is 5.80. The van der Waals surface area contributed by atoms with E-state index >= 15 is 0 Å². The summed E-state index contributed by atoms with van der Waals surface area (Å²) in [5.41, 5.74) is 4.32. The molecule has 33 heavy (non-hydrogen) atoms. The predicted octanol–water partition coefficient (Wildman–Crippen LogP) is 7.47. The Kier molecular flexibility index (Phi) is 6.63. The molecule has 0 fully saturated rings.